The number of carbonyl (C=O) groups is 1. The zero-order valence-corrected chi connectivity index (χ0v) is 14.6. The fourth-order valence-corrected chi connectivity index (χ4v) is 3.27. The number of likely N-dealkylation sites (N-methyl/N-ethyl adjacent to an activating group) is 2. The maximum atomic E-state index is 12.7. The molecule has 0 atom stereocenters. The van der Waals surface area contributed by atoms with Crippen LogP contribution in [0.15, 0.2) is 30.6 Å². The molecule has 1 saturated heterocycles. The third kappa shape index (κ3) is 3.48. The van der Waals surface area contributed by atoms with Gasteiger partial charge in [-0.25, -0.2) is 9.97 Å². The molecular formula is C18H25N5O. The highest BCUT2D eigenvalue weighted by molar-refractivity contribution is 5.91. The van der Waals surface area contributed by atoms with Crippen LogP contribution in [0.4, 0.5) is 5.82 Å². The Balaban J connectivity index is 1.69. The minimum atomic E-state index is 0.134. The molecule has 0 aliphatic carbocycles. The van der Waals surface area contributed by atoms with Gasteiger partial charge in [-0.1, -0.05) is 12.1 Å². The van der Waals surface area contributed by atoms with Gasteiger partial charge >= 0.3 is 0 Å². The third-order valence-electron chi connectivity index (χ3n) is 4.88. The van der Waals surface area contributed by atoms with Crippen molar-refractivity contribution in [3.63, 3.8) is 0 Å². The lowest BCUT2D eigenvalue weighted by molar-refractivity contribution is -0.131. The number of hydrogen-bond donors (Lipinski definition) is 0. The van der Waals surface area contributed by atoms with Gasteiger partial charge in [0.05, 0.1) is 12.1 Å². The van der Waals surface area contributed by atoms with E-state index < -0.39 is 0 Å². The van der Waals surface area contributed by atoms with E-state index in [1.54, 1.807) is 6.33 Å². The van der Waals surface area contributed by atoms with Crippen molar-refractivity contribution in [2.45, 2.75) is 18.9 Å². The standard InChI is InChI=1S/C18H25N5O/c1-21-10-8-14(9-11-21)23(3)17(24)12-22(2)18-15-6-4-5-7-16(15)19-13-20-18/h4-7,13-14H,8-12H2,1-3H3. The van der Waals surface area contributed by atoms with E-state index in [1.165, 1.54) is 0 Å². The number of rotatable bonds is 4. The average molecular weight is 327 g/mol. The van der Waals surface area contributed by atoms with Crippen LogP contribution in [-0.4, -0.2) is 72.5 Å². The van der Waals surface area contributed by atoms with Crippen LogP contribution in [-0.2, 0) is 4.79 Å². The van der Waals surface area contributed by atoms with Crippen molar-refractivity contribution in [2.75, 3.05) is 45.7 Å². The molecule has 1 aliphatic heterocycles. The first-order valence-electron chi connectivity index (χ1n) is 8.41. The summed E-state index contributed by atoms with van der Waals surface area (Å²) in [6.07, 6.45) is 3.64. The van der Waals surface area contributed by atoms with Crippen molar-refractivity contribution >= 4 is 22.6 Å². The largest absolute Gasteiger partial charge is 0.350 e. The molecule has 0 unspecified atom stereocenters. The van der Waals surface area contributed by atoms with Gasteiger partial charge in [-0.05, 0) is 45.1 Å². The molecule has 0 saturated carbocycles. The number of likely N-dealkylation sites (tertiary alicyclic amines) is 1. The van der Waals surface area contributed by atoms with E-state index in [2.05, 4.69) is 21.9 Å². The van der Waals surface area contributed by atoms with Crippen molar-refractivity contribution in [3.8, 4) is 0 Å². The second-order valence-electron chi connectivity index (χ2n) is 6.61. The molecule has 1 fully saturated rings. The maximum Gasteiger partial charge on any atom is 0.242 e. The summed E-state index contributed by atoms with van der Waals surface area (Å²) in [6, 6.07) is 8.21. The highest BCUT2D eigenvalue weighted by Crippen LogP contribution is 2.22. The quantitative estimate of drug-likeness (QED) is 0.854. The van der Waals surface area contributed by atoms with E-state index in [0.717, 1.165) is 42.7 Å². The minimum Gasteiger partial charge on any atom is -0.350 e. The number of benzene rings is 1. The van der Waals surface area contributed by atoms with Crippen LogP contribution < -0.4 is 4.90 Å². The average Bonchev–Trinajstić information content (AvgIpc) is 2.61. The molecule has 2 heterocycles. The van der Waals surface area contributed by atoms with Crippen molar-refractivity contribution < 1.29 is 4.79 Å². The summed E-state index contributed by atoms with van der Waals surface area (Å²) in [5, 5.41) is 0.970. The lowest BCUT2D eigenvalue weighted by Gasteiger charge is -2.35. The maximum absolute atomic E-state index is 12.7. The Kier molecular flexibility index (Phi) is 4.94. The Bertz CT molecular complexity index is 706. The molecule has 0 radical (unpaired) electrons. The molecule has 0 spiro atoms. The van der Waals surface area contributed by atoms with Crippen molar-refractivity contribution in [2.24, 2.45) is 0 Å². The lowest BCUT2D eigenvalue weighted by Crippen LogP contribution is -2.47. The highest BCUT2D eigenvalue weighted by atomic mass is 16.2. The van der Waals surface area contributed by atoms with E-state index in [0.29, 0.717) is 12.6 Å². The first kappa shape index (κ1) is 16.6. The number of piperidine rings is 1. The Morgan fingerprint density at radius 1 is 1.21 bits per heavy atom. The fraction of sp³-hybridized carbons (Fsp3) is 0.500. The van der Waals surface area contributed by atoms with E-state index >= 15 is 0 Å². The Morgan fingerprint density at radius 3 is 2.67 bits per heavy atom. The molecular weight excluding hydrogens is 302 g/mol. The van der Waals surface area contributed by atoms with Gasteiger partial charge in [0.25, 0.3) is 0 Å². The molecule has 24 heavy (non-hydrogen) atoms. The predicted molar refractivity (Wildman–Crippen MR) is 96.1 cm³/mol. The minimum absolute atomic E-state index is 0.134. The van der Waals surface area contributed by atoms with Crippen LogP contribution in [0.5, 0.6) is 0 Å². The molecule has 0 N–H and O–H groups in total. The second-order valence-corrected chi connectivity index (χ2v) is 6.61. The van der Waals surface area contributed by atoms with Gasteiger partial charge in [0, 0.05) is 25.5 Å². The van der Waals surface area contributed by atoms with Crippen LogP contribution >= 0.6 is 0 Å². The van der Waals surface area contributed by atoms with Crippen LogP contribution in [0.2, 0.25) is 0 Å². The van der Waals surface area contributed by atoms with Crippen LogP contribution in [0.25, 0.3) is 10.9 Å². The van der Waals surface area contributed by atoms with E-state index in [4.69, 9.17) is 0 Å². The summed E-state index contributed by atoms with van der Waals surface area (Å²) in [5.74, 6) is 0.931. The molecule has 3 rings (SSSR count). The van der Waals surface area contributed by atoms with Crippen molar-refractivity contribution in [3.05, 3.63) is 30.6 Å². The smallest absolute Gasteiger partial charge is 0.242 e. The van der Waals surface area contributed by atoms with Gasteiger partial charge in [-0.3, -0.25) is 4.79 Å². The molecule has 1 amide bonds. The second kappa shape index (κ2) is 7.13. The van der Waals surface area contributed by atoms with Gasteiger partial charge < -0.3 is 14.7 Å². The van der Waals surface area contributed by atoms with Crippen molar-refractivity contribution in [1.29, 1.82) is 0 Å². The summed E-state index contributed by atoms with van der Waals surface area (Å²) in [7, 11) is 5.96. The molecule has 1 aliphatic rings. The Morgan fingerprint density at radius 2 is 1.92 bits per heavy atom. The number of amides is 1. The molecule has 6 heteroatoms. The fourth-order valence-electron chi connectivity index (χ4n) is 3.27. The van der Waals surface area contributed by atoms with Gasteiger partial charge in [0.15, 0.2) is 0 Å². The predicted octanol–water partition coefficient (Wildman–Crippen LogP) is 1.62. The summed E-state index contributed by atoms with van der Waals surface area (Å²) in [4.78, 5) is 27.5. The monoisotopic (exact) mass is 327 g/mol. The van der Waals surface area contributed by atoms with Crippen LogP contribution in [0, 0.1) is 0 Å². The summed E-state index contributed by atoms with van der Waals surface area (Å²) < 4.78 is 0. The normalized spacial score (nSPS) is 16.3. The third-order valence-corrected chi connectivity index (χ3v) is 4.88. The Hall–Kier alpha value is -2.21. The first-order valence-corrected chi connectivity index (χ1v) is 8.41. The highest BCUT2D eigenvalue weighted by Gasteiger charge is 2.25. The topological polar surface area (TPSA) is 52.6 Å². The van der Waals surface area contributed by atoms with Gasteiger partial charge in [-0.2, -0.15) is 0 Å². The van der Waals surface area contributed by atoms with E-state index in [9.17, 15) is 4.79 Å². The van der Waals surface area contributed by atoms with Gasteiger partial charge in [0.2, 0.25) is 5.91 Å². The first-order chi connectivity index (χ1) is 11.6. The number of carbonyl (C=O) groups excluding carboxylic acids is 1. The summed E-state index contributed by atoms with van der Waals surface area (Å²) in [6.45, 7) is 2.42. The summed E-state index contributed by atoms with van der Waals surface area (Å²) >= 11 is 0. The number of anilines is 1. The molecule has 2 aromatic rings. The SMILES string of the molecule is CN1CCC(N(C)C(=O)CN(C)c2ncnc3ccccc23)CC1. The molecule has 1 aromatic carbocycles. The Labute approximate surface area is 143 Å². The number of aromatic nitrogens is 2. The van der Waals surface area contributed by atoms with Gasteiger partial charge in [0.1, 0.15) is 12.1 Å². The van der Waals surface area contributed by atoms with Crippen LogP contribution in [0.1, 0.15) is 12.8 Å². The molecule has 1 aromatic heterocycles. The lowest BCUT2D eigenvalue weighted by atomic mass is 10.0. The molecule has 6 nitrogen and oxygen atoms in total. The van der Waals surface area contributed by atoms with E-state index in [-0.39, 0.29) is 5.91 Å². The number of fused-ring (bicyclic) bond motifs is 1. The van der Waals surface area contributed by atoms with Crippen molar-refractivity contribution in [1.82, 2.24) is 19.8 Å². The zero-order chi connectivity index (χ0) is 17.1. The summed E-state index contributed by atoms with van der Waals surface area (Å²) in [5.41, 5.74) is 0.894. The van der Waals surface area contributed by atoms with Crippen LogP contribution in [0.3, 0.4) is 0 Å². The number of hydrogen-bond acceptors (Lipinski definition) is 5. The zero-order valence-electron chi connectivity index (χ0n) is 14.6. The number of nitrogens with zero attached hydrogens (tertiary/aromatic N) is 5. The molecule has 0 bridgehead atoms. The van der Waals surface area contributed by atoms with E-state index in [1.807, 2.05) is 48.2 Å². The molecule has 128 valence electrons. The number of para-hydroxylation sites is 1. The van der Waals surface area contributed by atoms with Gasteiger partial charge in [-0.15, -0.1) is 0 Å².